The molecule has 2 aliphatic rings. The Morgan fingerprint density at radius 1 is 1.18 bits per heavy atom. The lowest BCUT2D eigenvalue weighted by Gasteiger charge is -2.21. The number of amides is 1. The Hall–Kier alpha value is -1.42. The molecule has 0 spiro atoms. The van der Waals surface area contributed by atoms with Crippen LogP contribution in [0.1, 0.15) is 44.1 Å². The van der Waals surface area contributed by atoms with Gasteiger partial charge in [0.2, 0.25) is 5.91 Å². The molecule has 5 heteroatoms. The van der Waals surface area contributed by atoms with Gasteiger partial charge in [0.25, 0.3) is 0 Å². The van der Waals surface area contributed by atoms with Gasteiger partial charge in [-0.2, -0.15) is 0 Å². The smallest absolute Gasteiger partial charge is 0.220 e. The Balaban J connectivity index is 1.54. The highest BCUT2D eigenvalue weighted by Gasteiger charge is 2.18. The van der Waals surface area contributed by atoms with E-state index in [2.05, 4.69) is 5.32 Å². The van der Waals surface area contributed by atoms with E-state index in [0.717, 1.165) is 5.56 Å². The molecule has 0 unspecified atom stereocenters. The van der Waals surface area contributed by atoms with Crippen molar-refractivity contribution in [2.45, 2.75) is 45.1 Å². The molecule has 1 heterocycles. The fourth-order valence-corrected chi connectivity index (χ4v) is 3.48. The van der Waals surface area contributed by atoms with Gasteiger partial charge in [0.1, 0.15) is 13.2 Å². The summed E-state index contributed by atoms with van der Waals surface area (Å²) in [6.07, 6.45) is 6.84. The molecule has 1 aliphatic carbocycles. The summed E-state index contributed by atoms with van der Waals surface area (Å²) in [5.41, 5.74) is 0.936. The van der Waals surface area contributed by atoms with Gasteiger partial charge in [0, 0.05) is 13.0 Å². The quantitative estimate of drug-likeness (QED) is 0.919. The van der Waals surface area contributed by atoms with Crippen molar-refractivity contribution < 1.29 is 14.3 Å². The molecule has 3 rings (SSSR count). The van der Waals surface area contributed by atoms with E-state index in [1.54, 1.807) is 0 Å². The van der Waals surface area contributed by atoms with Crippen LogP contribution in [0, 0.1) is 5.92 Å². The van der Waals surface area contributed by atoms with Crippen LogP contribution in [0.15, 0.2) is 12.1 Å². The molecule has 1 N–H and O–H groups in total. The van der Waals surface area contributed by atoms with Crippen molar-refractivity contribution in [1.82, 2.24) is 5.32 Å². The van der Waals surface area contributed by atoms with E-state index in [9.17, 15) is 4.79 Å². The van der Waals surface area contributed by atoms with E-state index < -0.39 is 0 Å². The van der Waals surface area contributed by atoms with Gasteiger partial charge < -0.3 is 14.8 Å². The number of carbonyl (C=O) groups excluding carboxylic acids is 1. The summed E-state index contributed by atoms with van der Waals surface area (Å²) in [4.78, 5) is 12.1. The van der Waals surface area contributed by atoms with Crippen LogP contribution in [0.3, 0.4) is 0 Å². The fraction of sp³-hybridized carbons (Fsp3) is 0.588. The van der Waals surface area contributed by atoms with Gasteiger partial charge in [-0.15, -0.1) is 0 Å². The number of nitrogens with one attached hydrogen (secondary N) is 1. The van der Waals surface area contributed by atoms with Gasteiger partial charge in [-0.3, -0.25) is 4.79 Å². The first kappa shape index (κ1) is 15.5. The highest BCUT2D eigenvalue weighted by atomic mass is 35.5. The minimum Gasteiger partial charge on any atom is -0.486 e. The van der Waals surface area contributed by atoms with Gasteiger partial charge in [0.15, 0.2) is 11.5 Å². The highest BCUT2D eigenvalue weighted by Crippen LogP contribution is 2.38. The zero-order chi connectivity index (χ0) is 15.4. The molecule has 1 aromatic rings. The summed E-state index contributed by atoms with van der Waals surface area (Å²) in [6, 6.07) is 3.72. The predicted octanol–water partition coefficient (Wildman–Crippen LogP) is 3.70. The number of ether oxygens (including phenoxy) is 2. The van der Waals surface area contributed by atoms with E-state index in [-0.39, 0.29) is 5.91 Å². The molecule has 1 aromatic carbocycles. The van der Waals surface area contributed by atoms with Crippen molar-refractivity contribution in [3.05, 3.63) is 22.7 Å². The zero-order valence-corrected chi connectivity index (χ0v) is 13.5. The van der Waals surface area contributed by atoms with Crippen molar-refractivity contribution in [1.29, 1.82) is 0 Å². The molecular weight excluding hydrogens is 302 g/mol. The molecule has 4 nitrogen and oxygen atoms in total. The summed E-state index contributed by atoms with van der Waals surface area (Å²) in [5, 5.41) is 3.52. The van der Waals surface area contributed by atoms with E-state index in [1.165, 1.54) is 32.1 Å². The Morgan fingerprint density at radius 3 is 2.77 bits per heavy atom. The molecule has 120 valence electrons. The summed E-state index contributed by atoms with van der Waals surface area (Å²) in [7, 11) is 0. The van der Waals surface area contributed by atoms with Crippen molar-refractivity contribution in [3.8, 4) is 11.5 Å². The second-order valence-electron chi connectivity index (χ2n) is 6.09. The molecule has 1 amide bonds. The van der Waals surface area contributed by atoms with Crippen LogP contribution in [0.5, 0.6) is 11.5 Å². The number of hydrogen-bond donors (Lipinski definition) is 1. The van der Waals surface area contributed by atoms with Crippen LogP contribution in [0.25, 0.3) is 0 Å². The van der Waals surface area contributed by atoms with Crippen LogP contribution >= 0.6 is 11.6 Å². The van der Waals surface area contributed by atoms with E-state index >= 15 is 0 Å². The van der Waals surface area contributed by atoms with Crippen LogP contribution in [0.2, 0.25) is 5.02 Å². The SMILES string of the molecule is O=C(CC1CCCCC1)NCc1cc(Cl)c2c(c1)OCCO2. The Bertz CT molecular complexity index is 541. The molecule has 0 saturated heterocycles. The van der Waals surface area contributed by atoms with Crippen LogP contribution < -0.4 is 14.8 Å². The predicted molar refractivity (Wildman–Crippen MR) is 85.5 cm³/mol. The summed E-state index contributed by atoms with van der Waals surface area (Å²) < 4.78 is 11.0. The lowest BCUT2D eigenvalue weighted by Crippen LogP contribution is -2.26. The Labute approximate surface area is 136 Å². The fourth-order valence-electron chi connectivity index (χ4n) is 3.19. The number of rotatable bonds is 4. The van der Waals surface area contributed by atoms with Gasteiger partial charge >= 0.3 is 0 Å². The van der Waals surface area contributed by atoms with E-state index in [4.69, 9.17) is 21.1 Å². The third-order valence-electron chi connectivity index (χ3n) is 4.35. The molecular formula is C17H22ClNO3. The summed E-state index contributed by atoms with van der Waals surface area (Å²) in [5.74, 6) is 1.94. The normalized spacial score (nSPS) is 18.0. The molecule has 22 heavy (non-hydrogen) atoms. The van der Waals surface area contributed by atoms with Crippen molar-refractivity contribution in [2.75, 3.05) is 13.2 Å². The van der Waals surface area contributed by atoms with Crippen LogP contribution in [0.4, 0.5) is 0 Å². The average Bonchev–Trinajstić information content (AvgIpc) is 2.54. The molecule has 1 saturated carbocycles. The van der Waals surface area contributed by atoms with E-state index in [1.807, 2.05) is 12.1 Å². The number of carbonyl (C=O) groups is 1. The maximum absolute atomic E-state index is 12.1. The first-order valence-corrected chi connectivity index (χ1v) is 8.45. The lowest BCUT2D eigenvalue weighted by molar-refractivity contribution is -0.122. The van der Waals surface area contributed by atoms with Crippen LogP contribution in [-0.2, 0) is 11.3 Å². The van der Waals surface area contributed by atoms with Gasteiger partial charge in [-0.1, -0.05) is 30.9 Å². The summed E-state index contributed by atoms with van der Waals surface area (Å²) >= 11 is 6.20. The third-order valence-corrected chi connectivity index (χ3v) is 4.63. The largest absolute Gasteiger partial charge is 0.486 e. The Kier molecular flexibility index (Phi) is 5.08. The second-order valence-corrected chi connectivity index (χ2v) is 6.49. The molecule has 0 bridgehead atoms. The topological polar surface area (TPSA) is 47.6 Å². The monoisotopic (exact) mass is 323 g/mol. The van der Waals surface area contributed by atoms with Crippen molar-refractivity contribution in [2.24, 2.45) is 5.92 Å². The number of fused-ring (bicyclic) bond motifs is 1. The number of halogens is 1. The zero-order valence-electron chi connectivity index (χ0n) is 12.7. The maximum atomic E-state index is 12.1. The van der Waals surface area contributed by atoms with Gasteiger partial charge in [0.05, 0.1) is 5.02 Å². The third kappa shape index (κ3) is 3.86. The van der Waals surface area contributed by atoms with Crippen molar-refractivity contribution in [3.63, 3.8) is 0 Å². The minimum absolute atomic E-state index is 0.123. The van der Waals surface area contributed by atoms with E-state index in [0.29, 0.717) is 48.6 Å². The summed E-state index contributed by atoms with van der Waals surface area (Å²) in [6.45, 7) is 1.52. The molecule has 1 aliphatic heterocycles. The number of hydrogen-bond acceptors (Lipinski definition) is 3. The standard InChI is InChI=1S/C17H22ClNO3/c18-14-8-13(9-15-17(14)22-7-6-21-15)11-19-16(20)10-12-4-2-1-3-5-12/h8-9,12H,1-7,10-11H2,(H,19,20). The molecule has 1 fully saturated rings. The van der Waals surface area contributed by atoms with Crippen molar-refractivity contribution >= 4 is 17.5 Å². The van der Waals surface area contributed by atoms with Gasteiger partial charge in [-0.25, -0.2) is 0 Å². The van der Waals surface area contributed by atoms with Crippen LogP contribution in [-0.4, -0.2) is 19.1 Å². The number of benzene rings is 1. The second kappa shape index (κ2) is 7.23. The maximum Gasteiger partial charge on any atom is 0.220 e. The first-order chi connectivity index (χ1) is 10.7. The van der Waals surface area contributed by atoms with Gasteiger partial charge in [-0.05, 0) is 36.5 Å². The molecule has 0 atom stereocenters. The molecule has 0 aromatic heterocycles. The minimum atomic E-state index is 0.123. The highest BCUT2D eigenvalue weighted by molar-refractivity contribution is 6.32. The average molecular weight is 324 g/mol. The first-order valence-electron chi connectivity index (χ1n) is 8.07. The molecule has 0 radical (unpaired) electrons. The lowest BCUT2D eigenvalue weighted by atomic mass is 9.87. The Morgan fingerprint density at radius 2 is 1.95 bits per heavy atom.